The highest BCUT2D eigenvalue weighted by molar-refractivity contribution is 5.79. The van der Waals surface area contributed by atoms with Gasteiger partial charge in [0.05, 0.1) is 6.61 Å². The fourth-order valence-corrected chi connectivity index (χ4v) is 2.71. The molecular formula is C22H29NO4. The summed E-state index contributed by atoms with van der Waals surface area (Å²) in [6, 6.07) is 11.3. The van der Waals surface area contributed by atoms with Crippen LogP contribution in [0.25, 0.3) is 0 Å². The summed E-state index contributed by atoms with van der Waals surface area (Å²) >= 11 is 0. The number of aryl methyl sites for hydroxylation is 2. The normalized spacial score (nSPS) is 13.1. The van der Waals surface area contributed by atoms with Crippen molar-refractivity contribution in [3.05, 3.63) is 59.4 Å². The Labute approximate surface area is 161 Å². The second kappa shape index (κ2) is 10.1. The van der Waals surface area contributed by atoms with Gasteiger partial charge in [0.15, 0.2) is 5.60 Å². The molecule has 0 aliphatic rings. The van der Waals surface area contributed by atoms with Crippen molar-refractivity contribution in [3.63, 3.8) is 0 Å². The molecule has 0 saturated carbocycles. The highest BCUT2D eigenvalue weighted by Crippen LogP contribution is 2.29. The highest BCUT2D eigenvalue weighted by Gasteiger charge is 2.36. The Morgan fingerprint density at radius 3 is 2.63 bits per heavy atom. The predicted molar refractivity (Wildman–Crippen MR) is 105 cm³/mol. The van der Waals surface area contributed by atoms with Crippen molar-refractivity contribution in [1.29, 1.82) is 0 Å². The van der Waals surface area contributed by atoms with Crippen LogP contribution in [-0.2, 0) is 28.0 Å². The fourth-order valence-electron chi connectivity index (χ4n) is 2.71. The monoisotopic (exact) mass is 371 g/mol. The lowest BCUT2D eigenvalue weighted by Crippen LogP contribution is -2.35. The standard InChI is InChI=1S/C22H29NO4/c1-4-13-27-22(3,21(24)25)18-8-6-10-20(15-18)26-14-7-9-19-12-11-17(5-2)16-23-19/h6,8,10-12,15-16H,4-5,7,9,13-14H2,1-3H3,(H,24,25). The van der Waals surface area contributed by atoms with Gasteiger partial charge in [0.2, 0.25) is 0 Å². The molecule has 0 aliphatic carbocycles. The maximum Gasteiger partial charge on any atom is 0.340 e. The SMILES string of the molecule is CCCOC(C)(C(=O)O)c1cccc(OCCCc2ccc(CC)cn2)c1. The summed E-state index contributed by atoms with van der Waals surface area (Å²) in [5, 5.41) is 9.61. The Hall–Kier alpha value is -2.40. The van der Waals surface area contributed by atoms with E-state index in [1.807, 2.05) is 19.2 Å². The molecule has 0 amide bonds. The first-order chi connectivity index (χ1) is 13.0. The summed E-state index contributed by atoms with van der Waals surface area (Å²) in [5.74, 6) is -0.357. The zero-order valence-electron chi connectivity index (χ0n) is 16.4. The average Bonchev–Trinajstić information content (AvgIpc) is 2.70. The minimum absolute atomic E-state index is 0.387. The van der Waals surface area contributed by atoms with Crippen LogP contribution < -0.4 is 4.74 Å². The number of carbonyl (C=O) groups is 1. The van der Waals surface area contributed by atoms with Gasteiger partial charge >= 0.3 is 5.97 Å². The number of aromatic nitrogens is 1. The molecule has 5 nitrogen and oxygen atoms in total. The van der Waals surface area contributed by atoms with Gasteiger partial charge < -0.3 is 14.6 Å². The molecule has 2 rings (SSSR count). The number of carboxylic acid groups (broad SMARTS) is 1. The maximum absolute atomic E-state index is 11.7. The van der Waals surface area contributed by atoms with E-state index in [0.717, 1.165) is 31.4 Å². The van der Waals surface area contributed by atoms with Gasteiger partial charge in [0.25, 0.3) is 0 Å². The van der Waals surface area contributed by atoms with Gasteiger partial charge in [-0.15, -0.1) is 0 Å². The van der Waals surface area contributed by atoms with Crippen LogP contribution in [0.4, 0.5) is 0 Å². The third-order valence-electron chi connectivity index (χ3n) is 4.53. The van der Waals surface area contributed by atoms with E-state index >= 15 is 0 Å². The second-order valence-corrected chi connectivity index (χ2v) is 6.68. The van der Waals surface area contributed by atoms with Gasteiger partial charge in [0.1, 0.15) is 5.75 Å². The van der Waals surface area contributed by atoms with Crippen LogP contribution in [0.2, 0.25) is 0 Å². The number of aliphatic carboxylic acids is 1. The molecule has 1 atom stereocenters. The smallest absolute Gasteiger partial charge is 0.340 e. The zero-order chi connectivity index (χ0) is 19.7. The van der Waals surface area contributed by atoms with Crippen molar-refractivity contribution >= 4 is 5.97 Å². The predicted octanol–water partition coefficient (Wildman–Crippen LogP) is 4.38. The Morgan fingerprint density at radius 1 is 1.19 bits per heavy atom. The minimum atomic E-state index is -1.37. The van der Waals surface area contributed by atoms with Gasteiger partial charge in [0, 0.05) is 18.5 Å². The molecule has 2 aromatic rings. The van der Waals surface area contributed by atoms with Crippen LogP contribution in [0, 0.1) is 0 Å². The molecule has 146 valence electrons. The number of ether oxygens (including phenoxy) is 2. The maximum atomic E-state index is 11.7. The third-order valence-corrected chi connectivity index (χ3v) is 4.53. The van der Waals surface area contributed by atoms with Crippen molar-refractivity contribution in [2.24, 2.45) is 0 Å². The molecule has 1 aromatic carbocycles. The number of benzene rings is 1. The largest absolute Gasteiger partial charge is 0.494 e. The fraction of sp³-hybridized carbons (Fsp3) is 0.455. The lowest BCUT2D eigenvalue weighted by atomic mass is 9.95. The Bertz CT molecular complexity index is 729. The first-order valence-corrected chi connectivity index (χ1v) is 9.54. The van der Waals surface area contributed by atoms with E-state index in [9.17, 15) is 9.90 Å². The summed E-state index contributed by atoms with van der Waals surface area (Å²) in [6.07, 6.45) is 5.35. The van der Waals surface area contributed by atoms with Crippen LogP contribution >= 0.6 is 0 Å². The van der Waals surface area contributed by atoms with Crippen LogP contribution in [0.1, 0.15) is 50.4 Å². The van der Waals surface area contributed by atoms with Crippen LogP contribution in [0.15, 0.2) is 42.6 Å². The molecular weight excluding hydrogens is 342 g/mol. The third kappa shape index (κ3) is 5.79. The summed E-state index contributed by atoms with van der Waals surface area (Å²) in [7, 11) is 0. The van der Waals surface area contributed by atoms with Gasteiger partial charge in [-0.25, -0.2) is 4.79 Å². The molecule has 0 bridgehead atoms. The van der Waals surface area contributed by atoms with Crippen LogP contribution in [-0.4, -0.2) is 29.3 Å². The van der Waals surface area contributed by atoms with E-state index in [4.69, 9.17) is 9.47 Å². The quantitative estimate of drug-likeness (QED) is 0.594. The molecule has 1 aromatic heterocycles. The number of nitrogens with zero attached hydrogens (tertiary/aromatic N) is 1. The molecule has 5 heteroatoms. The summed E-state index contributed by atoms with van der Waals surface area (Å²) in [5.41, 5.74) is 1.49. The lowest BCUT2D eigenvalue weighted by molar-refractivity contribution is -0.165. The Morgan fingerprint density at radius 2 is 2.00 bits per heavy atom. The Kier molecular flexibility index (Phi) is 7.80. The van der Waals surface area contributed by atoms with Crippen molar-refractivity contribution in [2.75, 3.05) is 13.2 Å². The summed E-state index contributed by atoms with van der Waals surface area (Å²) in [4.78, 5) is 16.2. The molecule has 1 N–H and O–H groups in total. The number of hydrogen-bond acceptors (Lipinski definition) is 4. The average molecular weight is 371 g/mol. The van der Waals surface area contributed by atoms with E-state index in [0.29, 0.717) is 24.5 Å². The summed E-state index contributed by atoms with van der Waals surface area (Å²) in [6.45, 7) is 6.57. The lowest BCUT2D eigenvalue weighted by Gasteiger charge is -2.26. The number of hydrogen-bond donors (Lipinski definition) is 1. The minimum Gasteiger partial charge on any atom is -0.494 e. The van der Waals surface area contributed by atoms with E-state index in [1.165, 1.54) is 5.56 Å². The molecule has 0 fully saturated rings. The second-order valence-electron chi connectivity index (χ2n) is 6.68. The molecule has 0 saturated heterocycles. The van der Waals surface area contributed by atoms with Gasteiger partial charge in [-0.2, -0.15) is 0 Å². The zero-order valence-corrected chi connectivity index (χ0v) is 16.4. The van der Waals surface area contributed by atoms with Gasteiger partial charge in [-0.3, -0.25) is 4.98 Å². The van der Waals surface area contributed by atoms with E-state index in [-0.39, 0.29) is 0 Å². The van der Waals surface area contributed by atoms with Crippen LogP contribution in [0.3, 0.4) is 0 Å². The van der Waals surface area contributed by atoms with Crippen molar-refractivity contribution < 1.29 is 19.4 Å². The van der Waals surface area contributed by atoms with E-state index < -0.39 is 11.6 Å². The number of pyridine rings is 1. The molecule has 27 heavy (non-hydrogen) atoms. The first-order valence-electron chi connectivity index (χ1n) is 9.54. The summed E-state index contributed by atoms with van der Waals surface area (Å²) < 4.78 is 11.4. The first kappa shape index (κ1) is 20.9. The molecule has 0 spiro atoms. The van der Waals surface area contributed by atoms with Crippen LogP contribution in [0.5, 0.6) is 5.75 Å². The molecule has 0 aliphatic heterocycles. The topological polar surface area (TPSA) is 68.7 Å². The van der Waals surface area contributed by atoms with E-state index in [2.05, 4.69) is 24.0 Å². The van der Waals surface area contributed by atoms with Crippen molar-refractivity contribution in [3.8, 4) is 5.75 Å². The molecule has 1 heterocycles. The van der Waals surface area contributed by atoms with Crippen molar-refractivity contribution in [1.82, 2.24) is 4.98 Å². The Balaban J connectivity index is 1.93. The highest BCUT2D eigenvalue weighted by atomic mass is 16.5. The van der Waals surface area contributed by atoms with Gasteiger partial charge in [-0.05, 0) is 61.9 Å². The molecule has 1 unspecified atom stereocenters. The number of carboxylic acids is 1. The van der Waals surface area contributed by atoms with Gasteiger partial charge in [-0.1, -0.05) is 32.0 Å². The van der Waals surface area contributed by atoms with E-state index in [1.54, 1.807) is 25.1 Å². The molecule has 0 radical (unpaired) electrons. The number of rotatable bonds is 11. The van der Waals surface area contributed by atoms with Crippen molar-refractivity contribution in [2.45, 2.75) is 52.1 Å².